The molecule has 1 aromatic carbocycles. The second-order valence-corrected chi connectivity index (χ2v) is 5.01. The minimum atomic E-state index is -0.943. The van der Waals surface area contributed by atoms with E-state index >= 15 is 0 Å². The molecule has 0 saturated carbocycles. The first kappa shape index (κ1) is 13.8. The van der Waals surface area contributed by atoms with E-state index in [2.05, 4.69) is 0 Å². The molecule has 0 unspecified atom stereocenters. The monoisotopic (exact) mass is 290 g/mol. The molecule has 0 radical (unpaired) electrons. The standard InChI is InChI=1S/C15H15FN2O3/c16-12-10-17(13-7-4-8-21-13)15(20)18(14(12)19)9-11-5-2-1-3-6-11/h1-3,5-6,10,13H,4,7-9H2/t13-/m1/s1. The largest absolute Gasteiger partial charge is 0.358 e. The second kappa shape index (κ2) is 5.65. The number of benzene rings is 1. The Hall–Kier alpha value is -2.21. The Morgan fingerprint density at radius 2 is 2.00 bits per heavy atom. The van der Waals surface area contributed by atoms with Crippen molar-refractivity contribution in [3.8, 4) is 0 Å². The Labute approximate surface area is 120 Å². The van der Waals surface area contributed by atoms with Crippen LogP contribution in [0.4, 0.5) is 4.39 Å². The molecular formula is C15H15FN2O3. The van der Waals surface area contributed by atoms with E-state index in [4.69, 9.17) is 4.74 Å². The number of ether oxygens (including phenoxy) is 1. The molecular weight excluding hydrogens is 275 g/mol. The van der Waals surface area contributed by atoms with E-state index in [9.17, 15) is 14.0 Å². The average Bonchev–Trinajstić information content (AvgIpc) is 3.02. The molecule has 21 heavy (non-hydrogen) atoms. The van der Waals surface area contributed by atoms with Gasteiger partial charge in [0.15, 0.2) is 0 Å². The van der Waals surface area contributed by atoms with Gasteiger partial charge in [-0.25, -0.2) is 4.79 Å². The van der Waals surface area contributed by atoms with Crippen molar-refractivity contribution < 1.29 is 9.13 Å². The number of halogens is 1. The average molecular weight is 290 g/mol. The number of nitrogens with zero attached hydrogens (tertiary/aromatic N) is 2. The van der Waals surface area contributed by atoms with Crippen LogP contribution in [0.2, 0.25) is 0 Å². The van der Waals surface area contributed by atoms with Crippen molar-refractivity contribution in [3.63, 3.8) is 0 Å². The van der Waals surface area contributed by atoms with Crippen LogP contribution in [0.5, 0.6) is 0 Å². The first-order valence-corrected chi connectivity index (χ1v) is 6.84. The molecule has 2 aromatic rings. The highest BCUT2D eigenvalue weighted by Gasteiger charge is 2.22. The highest BCUT2D eigenvalue weighted by Crippen LogP contribution is 2.20. The zero-order valence-electron chi connectivity index (χ0n) is 11.4. The summed E-state index contributed by atoms with van der Waals surface area (Å²) >= 11 is 0. The number of hydrogen-bond acceptors (Lipinski definition) is 3. The van der Waals surface area contributed by atoms with Gasteiger partial charge in [0.2, 0.25) is 5.82 Å². The van der Waals surface area contributed by atoms with Crippen LogP contribution in [0.1, 0.15) is 24.6 Å². The van der Waals surface area contributed by atoms with Gasteiger partial charge in [0, 0.05) is 6.61 Å². The molecule has 1 fully saturated rings. The Balaban J connectivity index is 2.06. The van der Waals surface area contributed by atoms with Crippen molar-refractivity contribution in [1.29, 1.82) is 0 Å². The van der Waals surface area contributed by atoms with Crippen molar-refractivity contribution in [3.05, 3.63) is 68.7 Å². The van der Waals surface area contributed by atoms with Crippen molar-refractivity contribution in [2.45, 2.75) is 25.6 Å². The molecule has 5 nitrogen and oxygen atoms in total. The van der Waals surface area contributed by atoms with Crippen LogP contribution in [-0.4, -0.2) is 15.7 Å². The van der Waals surface area contributed by atoms with E-state index in [1.807, 2.05) is 6.07 Å². The van der Waals surface area contributed by atoms with Gasteiger partial charge < -0.3 is 4.74 Å². The summed E-state index contributed by atoms with van der Waals surface area (Å²) in [5.41, 5.74) is -0.684. The molecule has 1 aromatic heterocycles. The fraction of sp³-hybridized carbons (Fsp3) is 0.333. The summed E-state index contributed by atoms with van der Waals surface area (Å²) in [6.07, 6.45) is 1.91. The topological polar surface area (TPSA) is 53.2 Å². The first-order valence-electron chi connectivity index (χ1n) is 6.84. The van der Waals surface area contributed by atoms with Crippen molar-refractivity contribution >= 4 is 0 Å². The van der Waals surface area contributed by atoms with Gasteiger partial charge in [-0.15, -0.1) is 0 Å². The van der Waals surface area contributed by atoms with E-state index in [1.54, 1.807) is 24.3 Å². The van der Waals surface area contributed by atoms with Crippen molar-refractivity contribution in [2.24, 2.45) is 0 Å². The van der Waals surface area contributed by atoms with Gasteiger partial charge in [-0.2, -0.15) is 4.39 Å². The molecule has 0 N–H and O–H groups in total. The Kier molecular flexibility index (Phi) is 3.70. The molecule has 6 heteroatoms. The van der Waals surface area contributed by atoms with Crippen molar-refractivity contribution in [1.82, 2.24) is 9.13 Å². The van der Waals surface area contributed by atoms with E-state index in [0.717, 1.165) is 22.7 Å². The number of aromatic nitrogens is 2. The van der Waals surface area contributed by atoms with Gasteiger partial charge >= 0.3 is 5.69 Å². The van der Waals surface area contributed by atoms with Gasteiger partial charge in [0.05, 0.1) is 12.7 Å². The lowest BCUT2D eigenvalue weighted by atomic mass is 10.2. The SMILES string of the molecule is O=c1c(F)cn([C@H]2CCCO2)c(=O)n1Cc1ccccc1. The van der Waals surface area contributed by atoms with E-state index in [-0.39, 0.29) is 6.54 Å². The fourth-order valence-electron chi connectivity index (χ4n) is 2.48. The highest BCUT2D eigenvalue weighted by atomic mass is 19.1. The number of rotatable bonds is 3. The smallest absolute Gasteiger partial charge is 0.333 e. The molecule has 0 amide bonds. The van der Waals surface area contributed by atoms with Gasteiger partial charge in [-0.1, -0.05) is 30.3 Å². The summed E-state index contributed by atoms with van der Waals surface area (Å²) in [6, 6.07) is 9.01. The summed E-state index contributed by atoms with van der Waals surface area (Å²) in [5, 5.41) is 0. The Morgan fingerprint density at radius 1 is 1.24 bits per heavy atom. The fourth-order valence-corrected chi connectivity index (χ4v) is 2.48. The molecule has 2 heterocycles. The summed E-state index contributed by atoms with van der Waals surface area (Å²) in [4.78, 5) is 24.3. The lowest BCUT2D eigenvalue weighted by Gasteiger charge is -2.15. The van der Waals surface area contributed by atoms with Gasteiger partial charge in [-0.3, -0.25) is 13.9 Å². The lowest BCUT2D eigenvalue weighted by Crippen LogP contribution is -2.42. The van der Waals surface area contributed by atoms with Crippen LogP contribution in [-0.2, 0) is 11.3 Å². The molecule has 1 aliphatic rings. The zero-order valence-corrected chi connectivity index (χ0v) is 11.4. The first-order chi connectivity index (χ1) is 10.2. The van der Waals surface area contributed by atoms with Crippen LogP contribution in [0.15, 0.2) is 46.1 Å². The molecule has 1 saturated heterocycles. The quantitative estimate of drug-likeness (QED) is 0.861. The summed E-state index contributed by atoms with van der Waals surface area (Å²) in [6.45, 7) is 0.583. The molecule has 3 rings (SSSR count). The van der Waals surface area contributed by atoms with E-state index < -0.39 is 23.3 Å². The van der Waals surface area contributed by atoms with Crippen LogP contribution < -0.4 is 11.2 Å². The number of hydrogen-bond donors (Lipinski definition) is 0. The third kappa shape index (κ3) is 2.67. The van der Waals surface area contributed by atoms with Crippen molar-refractivity contribution in [2.75, 3.05) is 6.61 Å². The molecule has 1 atom stereocenters. The zero-order chi connectivity index (χ0) is 14.8. The molecule has 1 aliphatic heterocycles. The predicted molar refractivity (Wildman–Crippen MR) is 74.7 cm³/mol. The normalized spacial score (nSPS) is 18.0. The highest BCUT2D eigenvalue weighted by molar-refractivity contribution is 5.15. The minimum absolute atomic E-state index is 0.0446. The second-order valence-electron chi connectivity index (χ2n) is 5.01. The maximum absolute atomic E-state index is 13.8. The van der Waals surface area contributed by atoms with Gasteiger partial charge in [-0.05, 0) is 18.4 Å². The molecule has 110 valence electrons. The van der Waals surface area contributed by atoms with E-state index in [1.165, 1.54) is 4.57 Å². The maximum atomic E-state index is 13.8. The van der Waals surface area contributed by atoms with Crippen LogP contribution in [0.3, 0.4) is 0 Å². The predicted octanol–water partition coefficient (Wildman–Crippen LogP) is 1.51. The molecule has 0 spiro atoms. The van der Waals surface area contributed by atoms with E-state index in [0.29, 0.717) is 13.0 Å². The summed E-state index contributed by atoms with van der Waals surface area (Å²) in [5.74, 6) is -0.943. The van der Waals surface area contributed by atoms with Gasteiger partial charge in [0.1, 0.15) is 6.23 Å². The lowest BCUT2D eigenvalue weighted by molar-refractivity contribution is 0.0504. The third-order valence-corrected chi connectivity index (χ3v) is 3.55. The van der Waals surface area contributed by atoms with Crippen LogP contribution in [0, 0.1) is 5.82 Å². The van der Waals surface area contributed by atoms with Gasteiger partial charge in [0.25, 0.3) is 5.56 Å². The maximum Gasteiger partial charge on any atom is 0.333 e. The molecule has 0 bridgehead atoms. The summed E-state index contributed by atoms with van der Waals surface area (Å²) in [7, 11) is 0. The Bertz CT molecular complexity index is 746. The van der Waals surface area contributed by atoms with Crippen LogP contribution >= 0.6 is 0 Å². The molecule has 0 aliphatic carbocycles. The third-order valence-electron chi connectivity index (χ3n) is 3.55. The van der Waals surface area contributed by atoms with Crippen LogP contribution in [0.25, 0.3) is 0 Å². The minimum Gasteiger partial charge on any atom is -0.358 e. The summed E-state index contributed by atoms with van der Waals surface area (Å²) < 4.78 is 21.3. The Morgan fingerprint density at radius 3 is 2.67 bits per heavy atom.